The van der Waals surface area contributed by atoms with Crippen LogP contribution in [0.2, 0.25) is 10.0 Å². The lowest BCUT2D eigenvalue weighted by molar-refractivity contribution is -0.141. The number of fused-ring (bicyclic) bond motifs is 1. The molecule has 0 unspecified atom stereocenters. The van der Waals surface area contributed by atoms with Gasteiger partial charge >= 0.3 is 12.1 Å². The quantitative estimate of drug-likeness (QED) is 0.327. The second kappa shape index (κ2) is 9.14. The van der Waals surface area contributed by atoms with Crippen LogP contribution in [0, 0.1) is 0 Å². The van der Waals surface area contributed by atoms with Crippen molar-refractivity contribution in [3.63, 3.8) is 0 Å². The Labute approximate surface area is 180 Å². The zero-order valence-corrected chi connectivity index (χ0v) is 17.3. The highest BCUT2D eigenvalue weighted by molar-refractivity contribution is 6.35. The van der Waals surface area contributed by atoms with Crippen LogP contribution in [0.5, 0.6) is 5.75 Å². The maximum atomic E-state index is 13.4. The van der Waals surface area contributed by atoms with E-state index in [0.717, 1.165) is 9.96 Å². The van der Waals surface area contributed by atoms with Crippen molar-refractivity contribution in [2.45, 2.75) is 25.9 Å². The van der Waals surface area contributed by atoms with E-state index in [0.29, 0.717) is 22.9 Å². The first-order valence-electron chi connectivity index (χ1n) is 9.04. The van der Waals surface area contributed by atoms with E-state index in [1.54, 1.807) is 18.2 Å². The van der Waals surface area contributed by atoms with Crippen LogP contribution in [0.15, 0.2) is 36.5 Å². The number of hydrogen-bond donors (Lipinski definition) is 0. The fourth-order valence-electron chi connectivity index (χ4n) is 2.92. The average Bonchev–Trinajstić information content (AvgIpc) is 3.08. The van der Waals surface area contributed by atoms with Gasteiger partial charge in [-0.05, 0) is 49.6 Å². The fraction of sp³-hybridized carbons (Fsp3) is 0.300. The van der Waals surface area contributed by atoms with Gasteiger partial charge in [0.1, 0.15) is 0 Å². The summed E-state index contributed by atoms with van der Waals surface area (Å²) < 4.78 is 51.8. The minimum absolute atomic E-state index is 0.0627. The Morgan fingerprint density at radius 2 is 2.00 bits per heavy atom. The van der Waals surface area contributed by atoms with E-state index in [1.807, 2.05) is 0 Å². The normalized spacial score (nSPS) is 11.7. The molecule has 0 fully saturated rings. The van der Waals surface area contributed by atoms with E-state index in [1.165, 1.54) is 25.3 Å². The first-order chi connectivity index (χ1) is 14.2. The van der Waals surface area contributed by atoms with E-state index >= 15 is 0 Å². The maximum Gasteiger partial charge on any atom is 0.435 e. The summed E-state index contributed by atoms with van der Waals surface area (Å²) in [5, 5.41) is 1.07. The molecule has 0 aliphatic heterocycles. The molecule has 30 heavy (non-hydrogen) atoms. The lowest BCUT2D eigenvalue weighted by Gasteiger charge is -2.09. The van der Waals surface area contributed by atoms with Crippen LogP contribution in [0.4, 0.5) is 13.2 Å². The zero-order valence-electron chi connectivity index (χ0n) is 15.8. The predicted molar refractivity (Wildman–Crippen MR) is 106 cm³/mol. The average molecular weight is 461 g/mol. The summed E-state index contributed by atoms with van der Waals surface area (Å²) in [6, 6.07) is 8.14. The summed E-state index contributed by atoms with van der Waals surface area (Å²) >= 11 is 12.0. The number of benzene rings is 1. The lowest BCUT2D eigenvalue weighted by atomic mass is 10.1. The van der Waals surface area contributed by atoms with Gasteiger partial charge in [-0.3, -0.25) is 4.40 Å². The van der Waals surface area contributed by atoms with Crippen molar-refractivity contribution < 1.29 is 27.4 Å². The number of hydrogen-bond acceptors (Lipinski definition) is 4. The molecule has 0 amide bonds. The second-order valence-electron chi connectivity index (χ2n) is 6.28. The molecule has 10 heteroatoms. The highest BCUT2D eigenvalue weighted by atomic mass is 35.5. The number of carbonyl (C=O) groups excluding carboxylic acids is 1. The third-order valence-electron chi connectivity index (χ3n) is 4.21. The Morgan fingerprint density at radius 3 is 2.67 bits per heavy atom. The van der Waals surface area contributed by atoms with Gasteiger partial charge in [-0.15, -0.1) is 0 Å². The van der Waals surface area contributed by atoms with E-state index in [9.17, 15) is 18.0 Å². The number of rotatable bonds is 7. The molecule has 3 rings (SSSR count). The third kappa shape index (κ3) is 4.82. The molecule has 0 aliphatic carbocycles. The van der Waals surface area contributed by atoms with Crippen molar-refractivity contribution >= 4 is 34.8 Å². The van der Waals surface area contributed by atoms with Gasteiger partial charge in [-0.2, -0.15) is 13.2 Å². The van der Waals surface area contributed by atoms with Crippen molar-refractivity contribution in [1.29, 1.82) is 0 Å². The number of carbonyl (C=O) groups is 1. The van der Waals surface area contributed by atoms with Crippen molar-refractivity contribution in [2.24, 2.45) is 0 Å². The fourth-order valence-corrected chi connectivity index (χ4v) is 3.42. The van der Waals surface area contributed by atoms with Crippen LogP contribution in [0.25, 0.3) is 5.65 Å². The van der Waals surface area contributed by atoms with Gasteiger partial charge in [0.05, 0.1) is 13.2 Å². The van der Waals surface area contributed by atoms with Gasteiger partial charge in [0.2, 0.25) is 0 Å². The van der Waals surface area contributed by atoms with Crippen LogP contribution in [-0.4, -0.2) is 28.6 Å². The van der Waals surface area contributed by atoms with Crippen LogP contribution >= 0.6 is 23.2 Å². The molecule has 0 radical (unpaired) electrons. The summed E-state index contributed by atoms with van der Waals surface area (Å²) in [5.74, 6) is -0.979. The van der Waals surface area contributed by atoms with Gasteiger partial charge in [-0.25, -0.2) is 9.78 Å². The van der Waals surface area contributed by atoms with Gasteiger partial charge < -0.3 is 9.47 Å². The SMILES string of the molecule is CCOC(=O)c1c(C(F)(F)F)nc2c(OCCCc3ccc(Cl)cc3Cl)cccn12. The molecule has 0 saturated heterocycles. The Balaban J connectivity index is 1.82. The standard InChI is InChI=1S/C20H17Cl2F3N2O3/c1-2-29-19(28)16-17(20(23,24)25)26-18-15(6-3-9-27(16)18)30-10-4-5-12-7-8-13(21)11-14(12)22/h3,6-9,11H,2,4-5,10H2,1H3. The second-order valence-corrected chi connectivity index (χ2v) is 7.12. The molecular weight excluding hydrogens is 444 g/mol. The number of pyridine rings is 1. The molecule has 0 N–H and O–H groups in total. The highest BCUT2D eigenvalue weighted by Crippen LogP contribution is 2.34. The topological polar surface area (TPSA) is 52.8 Å². The molecule has 1 aromatic carbocycles. The molecule has 0 bridgehead atoms. The Kier molecular flexibility index (Phi) is 6.77. The molecule has 5 nitrogen and oxygen atoms in total. The number of aryl methyl sites for hydroxylation is 1. The van der Waals surface area contributed by atoms with Crippen LogP contribution < -0.4 is 4.74 Å². The third-order valence-corrected chi connectivity index (χ3v) is 4.80. The smallest absolute Gasteiger partial charge is 0.435 e. The van der Waals surface area contributed by atoms with Gasteiger partial charge in [0.15, 0.2) is 22.8 Å². The minimum Gasteiger partial charge on any atom is -0.490 e. The monoisotopic (exact) mass is 460 g/mol. The molecule has 160 valence electrons. The summed E-state index contributed by atoms with van der Waals surface area (Å²) in [6.45, 7) is 1.66. The maximum absolute atomic E-state index is 13.4. The summed E-state index contributed by atoms with van der Waals surface area (Å²) in [5.41, 5.74) is -1.23. The first-order valence-corrected chi connectivity index (χ1v) is 9.80. The lowest BCUT2D eigenvalue weighted by Crippen LogP contribution is -2.16. The Hall–Kier alpha value is -2.45. The highest BCUT2D eigenvalue weighted by Gasteiger charge is 2.41. The number of nitrogens with zero attached hydrogens (tertiary/aromatic N) is 2. The van der Waals surface area contributed by atoms with Crippen molar-refractivity contribution in [3.05, 3.63) is 63.5 Å². The van der Waals surface area contributed by atoms with Crippen LogP contribution in [0.3, 0.4) is 0 Å². The van der Waals surface area contributed by atoms with E-state index < -0.39 is 23.5 Å². The van der Waals surface area contributed by atoms with Gasteiger partial charge in [0, 0.05) is 16.2 Å². The first kappa shape index (κ1) is 22.2. The molecule has 2 heterocycles. The number of esters is 1. The Bertz CT molecular complexity index is 1070. The summed E-state index contributed by atoms with van der Waals surface area (Å²) in [7, 11) is 0. The van der Waals surface area contributed by atoms with Crippen molar-refractivity contribution in [2.75, 3.05) is 13.2 Å². The molecular formula is C20H17Cl2F3N2O3. The van der Waals surface area contributed by atoms with E-state index in [-0.39, 0.29) is 24.6 Å². The predicted octanol–water partition coefficient (Wildman–Crippen LogP) is 5.85. The van der Waals surface area contributed by atoms with Crippen LogP contribution in [-0.2, 0) is 17.3 Å². The van der Waals surface area contributed by atoms with Crippen molar-refractivity contribution in [3.8, 4) is 5.75 Å². The molecule has 2 aromatic heterocycles. The number of halogens is 5. The number of alkyl halides is 3. The van der Waals surface area contributed by atoms with Gasteiger partial charge in [0.25, 0.3) is 0 Å². The summed E-state index contributed by atoms with van der Waals surface area (Å²) in [6.07, 6.45) is -2.36. The molecule has 3 aromatic rings. The summed E-state index contributed by atoms with van der Waals surface area (Å²) in [4.78, 5) is 15.8. The zero-order chi connectivity index (χ0) is 21.9. The van der Waals surface area contributed by atoms with Crippen molar-refractivity contribution in [1.82, 2.24) is 9.38 Å². The molecule has 0 aliphatic rings. The van der Waals surface area contributed by atoms with Gasteiger partial charge in [-0.1, -0.05) is 29.3 Å². The van der Waals surface area contributed by atoms with E-state index in [2.05, 4.69) is 4.98 Å². The van der Waals surface area contributed by atoms with E-state index in [4.69, 9.17) is 32.7 Å². The minimum atomic E-state index is -4.82. The van der Waals surface area contributed by atoms with Crippen LogP contribution in [0.1, 0.15) is 35.1 Å². The number of aromatic nitrogens is 2. The molecule has 0 spiro atoms. The molecule has 0 saturated carbocycles. The Morgan fingerprint density at radius 1 is 1.23 bits per heavy atom. The largest absolute Gasteiger partial charge is 0.490 e. The molecule has 0 atom stereocenters. The number of imidazole rings is 1. The number of ether oxygens (including phenoxy) is 2.